The number of hydrogen-bond donors (Lipinski definition) is 3. The molecule has 1 aromatic heterocycles. The highest BCUT2D eigenvalue weighted by atomic mass is 35.5. The quantitative estimate of drug-likeness (QED) is 0.701. The Bertz CT molecular complexity index is 775. The summed E-state index contributed by atoms with van der Waals surface area (Å²) in [5.41, 5.74) is 5.72. The lowest BCUT2D eigenvalue weighted by atomic mass is 10.2. The molecule has 1 aromatic carbocycles. The summed E-state index contributed by atoms with van der Waals surface area (Å²) >= 11 is 1.12. The molecule has 2 rings (SSSR count). The first-order chi connectivity index (χ1) is 10.5. The molecule has 0 saturated carbocycles. The van der Waals surface area contributed by atoms with Crippen molar-refractivity contribution < 1.29 is 18.3 Å². The molecule has 0 saturated heterocycles. The summed E-state index contributed by atoms with van der Waals surface area (Å²) in [5.74, 6) is -0.431. The maximum Gasteiger partial charge on any atom is 0.251 e. The topological polar surface area (TPSA) is 109 Å². The van der Waals surface area contributed by atoms with E-state index in [4.69, 9.17) is 10.8 Å². The lowest BCUT2D eigenvalue weighted by Gasteiger charge is -2.06. The molecule has 126 valence electrons. The van der Waals surface area contributed by atoms with Crippen LogP contribution in [-0.4, -0.2) is 32.6 Å². The molecular weight excluding hydrogens is 360 g/mol. The van der Waals surface area contributed by atoms with Crippen LogP contribution in [0.5, 0.6) is 0 Å². The van der Waals surface area contributed by atoms with Gasteiger partial charge in [-0.05, 0) is 30.3 Å². The van der Waals surface area contributed by atoms with Gasteiger partial charge in [0, 0.05) is 23.5 Å². The predicted molar refractivity (Wildman–Crippen MR) is 90.8 cm³/mol. The molecule has 0 bridgehead atoms. The van der Waals surface area contributed by atoms with Crippen molar-refractivity contribution in [3.05, 3.63) is 46.8 Å². The second-order valence-electron chi connectivity index (χ2n) is 4.44. The summed E-state index contributed by atoms with van der Waals surface area (Å²) in [4.78, 5) is 12.7. The number of rotatable bonds is 6. The van der Waals surface area contributed by atoms with Gasteiger partial charge in [0.05, 0.1) is 11.5 Å². The van der Waals surface area contributed by atoms with Crippen molar-refractivity contribution in [3.8, 4) is 0 Å². The Morgan fingerprint density at radius 1 is 1.26 bits per heavy atom. The van der Waals surface area contributed by atoms with E-state index in [0.29, 0.717) is 0 Å². The number of benzene rings is 1. The van der Waals surface area contributed by atoms with Gasteiger partial charge in [0.2, 0.25) is 9.84 Å². The number of sulfone groups is 1. The molecule has 0 aliphatic rings. The number of nitrogens with one attached hydrogen (secondary N) is 1. The second-order valence-corrected chi connectivity index (χ2v) is 7.78. The van der Waals surface area contributed by atoms with Crippen LogP contribution in [0.15, 0.2) is 45.5 Å². The molecule has 23 heavy (non-hydrogen) atoms. The smallest absolute Gasteiger partial charge is 0.251 e. The van der Waals surface area contributed by atoms with E-state index >= 15 is 0 Å². The first-order valence-corrected chi connectivity index (χ1v) is 8.82. The van der Waals surface area contributed by atoms with Crippen LogP contribution in [0, 0.1) is 0 Å². The van der Waals surface area contributed by atoms with Gasteiger partial charge in [-0.25, -0.2) is 8.42 Å². The lowest BCUT2D eigenvalue weighted by molar-refractivity contribution is 0.0944. The Kier molecular flexibility index (Phi) is 7.17. The first kappa shape index (κ1) is 19.6. The Balaban J connectivity index is 0.00000264. The van der Waals surface area contributed by atoms with E-state index in [2.05, 4.69) is 5.32 Å². The van der Waals surface area contributed by atoms with Crippen LogP contribution in [0.4, 0.5) is 0 Å². The van der Waals surface area contributed by atoms with Gasteiger partial charge in [0.1, 0.15) is 4.21 Å². The van der Waals surface area contributed by atoms with Crippen LogP contribution < -0.4 is 11.1 Å². The fourth-order valence-corrected chi connectivity index (χ4v) is 4.49. The van der Waals surface area contributed by atoms with E-state index in [1.807, 2.05) is 0 Å². The molecule has 0 aliphatic carbocycles. The van der Waals surface area contributed by atoms with Gasteiger partial charge in [-0.1, -0.05) is 6.07 Å². The molecule has 0 spiro atoms. The highest BCUT2D eigenvalue weighted by Gasteiger charge is 2.21. The number of hydrogen-bond acceptors (Lipinski definition) is 6. The van der Waals surface area contributed by atoms with E-state index in [-0.39, 0.29) is 46.8 Å². The standard InChI is InChI=1S/C14H16N2O4S2.ClH/c15-9-11-4-5-13(21-11)22(19,20)12-3-1-2-10(8-12)14(18)16-6-7-17;/h1-5,8,17H,6-7,9,15H2,(H,16,18);1H. The van der Waals surface area contributed by atoms with Crippen LogP contribution in [0.2, 0.25) is 0 Å². The minimum atomic E-state index is -3.67. The average Bonchev–Trinajstić information content (AvgIpc) is 3.02. The van der Waals surface area contributed by atoms with Gasteiger partial charge < -0.3 is 16.2 Å². The fourth-order valence-electron chi connectivity index (χ4n) is 1.80. The fraction of sp³-hybridized carbons (Fsp3) is 0.214. The van der Waals surface area contributed by atoms with Crippen LogP contribution >= 0.6 is 23.7 Å². The molecule has 0 atom stereocenters. The van der Waals surface area contributed by atoms with Crippen molar-refractivity contribution in [1.82, 2.24) is 5.32 Å². The SMILES string of the molecule is Cl.NCc1ccc(S(=O)(=O)c2cccc(C(=O)NCCO)c2)s1. The van der Waals surface area contributed by atoms with Crippen molar-refractivity contribution in [3.63, 3.8) is 0 Å². The summed E-state index contributed by atoms with van der Waals surface area (Å²) < 4.78 is 25.3. The number of halogens is 1. The Hall–Kier alpha value is -1.45. The number of aliphatic hydroxyl groups is 1. The Morgan fingerprint density at radius 3 is 2.61 bits per heavy atom. The highest BCUT2D eigenvalue weighted by molar-refractivity contribution is 7.93. The van der Waals surface area contributed by atoms with Gasteiger partial charge in [0.25, 0.3) is 5.91 Å². The maximum absolute atomic E-state index is 12.5. The molecule has 4 N–H and O–H groups in total. The Labute approximate surface area is 144 Å². The van der Waals surface area contributed by atoms with Gasteiger partial charge in [-0.3, -0.25) is 4.79 Å². The third-order valence-electron chi connectivity index (χ3n) is 2.91. The molecule has 1 heterocycles. The van der Waals surface area contributed by atoms with Gasteiger partial charge in [-0.15, -0.1) is 23.7 Å². The number of thiophene rings is 1. The minimum Gasteiger partial charge on any atom is -0.395 e. The highest BCUT2D eigenvalue weighted by Crippen LogP contribution is 2.28. The summed E-state index contributed by atoms with van der Waals surface area (Å²) in [6.45, 7) is 0.213. The van der Waals surface area contributed by atoms with Crippen molar-refractivity contribution in [2.45, 2.75) is 15.6 Å². The number of carbonyl (C=O) groups is 1. The maximum atomic E-state index is 12.5. The van der Waals surface area contributed by atoms with Crippen molar-refractivity contribution in [2.75, 3.05) is 13.2 Å². The molecule has 0 aliphatic heterocycles. The van der Waals surface area contributed by atoms with Crippen molar-refractivity contribution in [1.29, 1.82) is 0 Å². The zero-order valence-electron chi connectivity index (χ0n) is 12.1. The molecule has 9 heteroatoms. The van der Waals surface area contributed by atoms with Crippen LogP contribution in [0.3, 0.4) is 0 Å². The predicted octanol–water partition coefficient (Wildman–Crippen LogP) is 1.18. The molecule has 0 radical (unpaired) electrons. The van der Waals surface area contributed by atoms with E-state index < -0.39 is 15.7 Å². The average molecular weight is 377 g/mol. The monoisotopic (exact) mass is 376 g/mol. The Morgan fingerprint density at radius 2 is 2.00 bits per heavy atom. The minimum absolute atomic E-state index is 0. The second kappa shape index (κ2) is 8.42. The summed E-state index contributed by atoms with van der Waals surface area (Å²) in [7, 11) is -3.67. The van der Waals surface area contributed by atoms with Gasteiger partial charge in [-0.2, -0.15) is 0 Å². The molecule has 2 aromatic rings. The van der Waals surface area contributed by atoms with Crippen molar-refractivity contribution >= 4 is 39.5 Å². The molecule has 6 nitrogen and oxygen atoms in total. The number of amides is 1. The normalized spacial score (nSPS) is 10.9. The largest absolute Gasteiger partial charge is 0.395 e. The van der Waals surface area contributed by atoms with Crippen LogP contribution in [0.1, 0.15) is 15.2 Å². The number of carbonyl (C=O) groups excluding carboxylic acids is 1. The number of aliphatic hydroxyl groups excluding tert-OH is 1. The van der Waals surface area contributed by atoms with Crippen LogP contribution in [0.25, 0.3) is 0 Å². The zero-order chi connectivity index (χ0) is 16.2. The first-order valence-electron chi connectivity index (χ1n) is 6.52. The third-order valence-corrected chi connectivity index (χ3v) is 6.26. The molecule has 0 unspecified atom stereocenters. The third kappa shape index (κ3) is 4.52. The molecule has 0 fully saturated rings. The summed E-state index contributed by atoms with van der Waals surface area (Å²) in [6.07, 6.45) is 0. The molecule has 1 amide bonds. The lowest BCUT2D eigenvalue weighted by Crippen LogP contribution is -2.26. The molecular formula is C14H17ClN2O4S2. The van der Waals surface area contributed by atoms with E-state index in [9.17, 15) is 13.2 Å². The number of nitrogens with two attached hydrogens (primary N) is 1. The van der Waals surface area contributed by atoms with Crippen molar-refractivity contribution in [2.24, 2.45) is 5.73 Å². The summed E-state index contributed by atoms with van der Waals surface area (Å²) in [5, 5.41) is 11.2. The van der Waals surface area contributed by atoms with Gasteiger partial charge in [0.15, 0.2) is 0 Å². The summed E-state index contributed by atoms with van der Waals surface area (Å²) in [6, 6.07) is 8.99. The van der Waals surface area contributed by atoms with E-state index in [1.54, 1.807) is 6.07 Å². The van der Waals surface area contributed by atoms with Crippen LogP contribution in [-0.2, 0) is 16.4 Å². The van der Waals surface area contributed by atoms with Gasteiger partial charge >= 0.3 is 0 Å². The zero-order valence-corrected chi connectivity index (χ0v) is 14.5. The van der Waals surface area contributed by atoms with E-state index in [0.717, 1.165) is 16.2 Å². The van der Waals surface area contributed by atoms with E-state index in [1.165, 1.54) is 30.3 Å².